The van der Waals surface area contributed by atoms with E-state index < -0.39 is 22.8 Å². The third kappa shape index (κ3) is 1.81. The topological polar surface area (TPSA) is 74.6 Å². The first kappa shape index (κ1) is 14.9. The van der Waals surface area contributed by atoms with Crippen LogP contribution in [-0.4, -0.2) is 22.2 Å². The molecule has 0 aliphatic rings. The molecule has 0 aromatic heterocycles. The summed E-state index contributed by atoms with van der Waals surface area (Å²) in [5, 5.41) is 18.8. The molecule has 4 heteroatoms. The van der Waals surface area contributed by atoms with Crippen LogP contribution in [0.1, 0.15) is 47.5 Å². The maximum absolute atomic E-state index is 11.5. The van der Waals surface area contributed by atoms with E-state index in [1.165, 1.54) is 6.92 Å². The van der Waals surface area contributed by atoms with Gasteiger partial charge < -0.3 is 10.2 Å². The Balaban J connectivity index is 5.83. The lowest BCUT2D eigenvalue weighted by Crippen LogP contribution is -2.53. The summed E-state index contributed by atoms with van der Waals surface area (Å²) in [6, 6.07) is 0. The number of carbonyl (C=O) groups is 2. The van der Waals surface area contributed by atoms with Gasteiger partial charge in [0.2, 0.25) is 0 Å². The number of hydrogen-bond donors (Lipinski definition) is 2. The molecule has 94 valence electrons. The van der Waals surface area contributed by atoms with Crippen molar-refractivity contribution in [3.63, 3.8) is 0 Å². The molecule has 0 amide bonds. The molecule has 0 rings (SSSR count). The van der Waals surface area contributed by atoms with E-state index in [0.717, 1.165) is 0 Å². The van der Waals surface area contributed by atoms with E-state index in [1.54, 1.807) is 27.7 Å². The van der Waals surface area contributed by atoms with Gasteiger partial charge in [-0.1, -0.05) is 27.7 Å². The zero-order chi connectivity index (χ0) is 13.1. The fraction of sp³-hybridized carbons (Fsp3) is 0.833. The third-order valence-electron chi connectivity index (χ3n) is 4.09. The molecule has 2 unspecified atom stereocenters. The Morgan fingerprint density at radius 1 is 1.06 bits per heavy atom. The van der Waals surface area contributed by atoms with E-state index >= 15 is 0 Å². The summed E-state index contributed by atoms with van der Waals surface area (Å²) in [6.45, 7) is 8.55. The van der Waals surface area contributed by atoms with Gasteiger partial charge in [0.05, 0.1) is 10.8 Å². The summed E-state index contributed by atoms with van der Waals surface area (Å²) in [5.74, 6) is -2.28. The molecule has 0 saturated carbocycles. The van der Waals surface area contributed by atoms with Gasteiger partial charge >= 0.3 is 11.9 Å². The largest absolute Gasteiger partial charge is 0.481 e. The zero-order valence-electron chi connectivity index (χ0n) is 10.7. The standard InChI is InChI=1S/C12H22O4/c1-6-11(5,9(13)14)12(7-2,8(3)4)10(15)16/h8H,6-7H2,1-5H3,(H,13,14)(H,15,16). The molecule has 0 fully saturated rings. The normalized spacial score (nSPS) is 18.9. The smallest absolute Gasteiger partial charge is 0.311 e. The van der Waals surface area contributed by atoms with Crippen molar-refractivity contribution < 1.29 is 19.8 Å². The van der Waals surface area contributed by atoms with Gasteiger partial charge in [0.15, 0.2) is 0 Å². The number of rotatable bonds is 6. The van der Waals surface area contributed by atoms with Crippen LogP contribution < -0.4 is 0 Å². The molecule has 0 aliphatic heterocycles. The molecule has 0 radical (unpaired) electrons. The van der Waals surface area contributed by atoms with Gasteiger partial charge in [-0.05, 0) is 25.7 Å². The Labute approximate surface area is 96.7 Å². The molecule has 0 aromatic carbocycles. The first-order valence-corrected chi connectivity index (χ1v) is 5.67. The fourth-order valence-electron chi connectivity index (χ4n) is 2.73. The Hall–Kier alpha value is -1.06. The van der Waals surface area contributed by atoms with Gasteiger partial charge in [0.25, 0.3) is 0 Å². The molecule has 0 aromatic rings. The molecular weight excluding hydrogens is 208 g/mol. The summed E-state index contributed by atoms with van der Waals surface area (Å²) >= 11 is 0. The van der Waals surface area contributed by atoms with Crippen molar-refractivity contribution in [2.45, 2.75) is 47.5 Å². The van der Waals surface area contributed by atoms with Crippen LogP contribution in [0.15, 0.2) is 0 Å². The van der Waals surface area contributed by atoms with E-state index in [0.29, 0.717) is 12.8 Å². The first-order valence-electron chi connectivity index (χ1n) is 5.67. The van der Waals surface area contributed by atoms with Crippen molar-refractivity contribution >= 4 is 11.9 Å². The Kier molecular flexibility index (Phi) is 4.53. The predicted molar refractivity (Wildman–Crippen MR) is 61.2 cm³/mol. The van der Waals surface area contributed by atoms with E-state index in [2.05, 4.69) is 0 Å². The number of hydrogen-bond acceptors (Lipinski definition) is 2. The molecule has 0 bridgehead atoms. The SMILES string of the molecule is CCC(C)(C(=O)O)C(CC)(C(=O)O)C(C)C. The van der Waals surface area contributed by atoms with Crippen molar-refractivity contribution in [2.75, 3.05) is 0 Å². The molecule has 0 saturated heterocycles. The van der Waals surface area contributed by atoms with E-state index in [1.807, 2.05) is 0 Å². The highest BCUT2D eigenvalue weighted by molar-refractivity contribution is 5.86. The molecule has 16 heavy (non-hydrogen) atoms. The minimum Gasteiger partial charge on any atom is -0.481 e. The second-order valence-electron chi connectivity index (χ2n) is 4.78. The van der Waals surface area contributed by atoms with Crippen LogP contribution in [0.25, 0.3) is 0 Å². The lowest BCUT2D eigenvalue weighted by atomic mass is 9.56. The van der Waals surface area contributed by atoms with Gasteiger partial charge in [-0.2, -0.15) is 0 Å². The minimum atomic E-state index is -1.23. The van der Waals surface area contributed by atoms with Crippen LogP contribution >= 0.6 is 0 Å². The van der Waals surface area contributed by atoms with Gasteiger partial charge in [-0.3, -0.25) is 9.59 Å². The summed E-state index contributed by atoms with van der Waals surface area (Å²) in [7, 11) is 0. The van der Waals surface area contributed by atoms with Crippen LogP contribution in [0.5, 0.6) is 0 Å². The lowest BCUT2D eigenvalue weighted by Gasteiger charge is -2.44. The second kappa shape index (κ2) is 4.85. The second-order valence-corrected chi connectivity index (χ2v) is 4.78. The number of aliphatic carboxylic acids is 2. The minimum absolute atomic E-state index is 0.226. The maximum Gasteiger partial charge on any atom is 0.311 e. The third-order valence-corrected chi connectivity index (χ3v) is 4.09. The van der Waals surface area contributed by atoms with Crippen LogP contribution in [-0.2, 0) is 9.59 Å². The van der Waals surface area contributed by atoms with Crippen molar-refractivity contribution in [2.24, 2.45) is 16.7 Å². The quantitative estimate of drug-likeness (QED) is 0.735. The van der Waals surface area contributed by atoms with E-state index in [4.69, 9.17) is 0 Å². The van der Waals surface area contributed by atoms with E-state index in [9.17, 15) is 19.8 Å². The molecule has 0 aliphatic carbocycles. The van der Waals surface area contributed by atoms with Gasteiger partial charge in [-0.15, -0.1) is 0 Å². The van der Waals surface area contributed by atoms with Gasteiger partial charge in [0.1, 0.15) is 0 Å². The molecule has 0 heterocycles. The van der Waals surface area contributed by atoms with Crippen molar-refractivity contribution in [1.29, 1.82) is 0 Å². The van der Waals surface area contributed by atoms with Crippen LogP contribution in [0, 0.1) is 16.7 Å². The zero-order valence-corrected chi connectivity index (χ0v) is 10.7. The molecule has 0 spiro atoms. The Bertz CT molecular complexity index is 285. The van der Waals surface area contributed by atoms with E-state index in [-0.39, 0.29) is 5.92 Å². The van der Waals surface area contributed by atoms with Gasteiger partial charge in [-0.25, -0.2) is 0 Å². The summed E-state index contributed by atoms with van der Waals surface area (Å²) in [4.78, 5) is 22.9. The maximum atomic E-state index is 11.5. The van der Waals surface area contributed by atoms with Crippen LogP contribution in [0.2, 0.25) is 0 Å². The van der Waals surface area contributed by atoms with Crippen molar-refractivity contribution in [3.8, 4) is 0 Å². The summed E-state index contributed by atoms with van der Waals surface area (Å²) in [6.07, 6.45) is 0.622. The van der Waals surface area contributed by atoms with Crippen LogP contribution in [0.3, 0.4) is 0 Å². The summed E-state index contributed by atoms with van der Waals surface area (Å²) < 4.78 is 0. The monoisotopic (exact) mass is 230 g/mol. The predicted octanol–water partition coefficient (Wildman–Crippen LogP) is 2.62. The average Bonchev–Trinajstić information content (AvgIpc) is 2.17. The molecular formula is C12H22O4. The summed E-state index contributed by atoms with van der Waals surface area (Å²) in [5.41, 5.74) is -2.45. The molecule has 4 nitrogen and oxygen atoms in total. The van der Waals surface area contributed by atoms with Crippen LogP contribution in [0.4, 0.5) is 0 Å². The number of carboxylic acid groups (broad SMARTS) is 2. The van der Waals surface area contributed by atoms with Crippen molar-refractivity contribution in [1.82, 2.24) is 0 Å². The Morgan fingerprint density at radius 2 is 1.50 bits per heavy atom. The highest BCUT2D eigenvalue weighted by Gasteiger charge is 2.58. The lowest BCUT2D eigenvalue weighted by molar-refractivity contribution is -0.179. The average molecular weight is 230 g/mol. The van der Waals surface area contributed by atoms with Crippen molar-refractivity contribution in [3.05, 3.63) is 0 Å². The highest BCUT2D eigenvalue weighted by Crippen LogP contribution is 2.50. The fourth-order valence-corrected chi connectivity index (χ4v) is 2.73. The Morgan fingerprint density at radius 3 is 1.56 bits per heavy atom. The van der Waals surface area contributed by atoms with Gasteiger partial charge in [0, 0.05) is 0 Å². The number of carboxylic acids is 2. The molecule has 2 atom stereocenters. The molecule has 2 N–H and O–H groups in total. The highest BCUT2D eigenvalue weighted by atomic mass is 16.4. The first-order chi connectivity index (χ1) is 7.20.